The molecule has 1 aromatic carbocycles. The van der Waals surface area contributed by atoms with Gasteiger partial charge in [-0.25, -0.2) is 4.39 Å². The number of hydrogen-bond acceptors (Lipinski definition) is 2. The summed E-state index contributed by atoms with van der Waals surface area (Å²) in [5.74, 6) is 0.833. The molecular formula is C23H29FN2O. The average Bonchev–Trinajstić information content (AvgIpc) is 3.10. The summed E-state index contributed by atoms with van der Waals surface area (Å²) >= 11 is 0. The fourth-order valence-electron chi connectivity index (χ4n) is 9.02. The summed E-state index contributed by atoms with van der Waals surface area (Å²) in [6.07, 6.45) is 5.39. The zero-order valence-electron chi connectivity index (χ0n) is 16.1. The van der Waals surface area contributed by atoms with Gasteiger partial charge in [0.05, 0.1) is 11.5 Å². The molecule has 4 aliphatic carbocycles. The van der Waals surface area contributed by atoms with Crippen LogP contribution in [-0.4, -0.2) is 31.2 Å². The van der Waals surface area contributed by atoms with Crippen molar-refractivity contribution in [3.8, 4) is 0 Å². The van der Waals surface area contributed by atoms with Gasteiger partial charge in [-0.15, -0.1) is 0 Å². The average molecular weight is 368 g/mol. The summed E-state index contributed by atoms with van der Waals surface area (Å²) in [7, 11) is 0. The van der Waals surface area contributed by atoms with Crippen LogP contribution in [0.1, 0.15) is 51.0 Å². The van der Waals surface area contributed by atoms with Crippen LogP contribution in [0.15, 0.2) is 30.3 Å². The molecule has 4 heteroatoms. The number of halogens is 1. The molecule has 4 saturated carbocycles. The molecule has 1 aliphatic heterocycles. The summed E-state index contributed by atoms with van der Waals surface area (Å²) < 4.78 is 14.3. The number of nitrogens with one attached hydrogen (secondary N) is 2. The zero-order chi connectivity index (χ0) is 18.5. The third-order valence-corrected chi connectivity index (χ3v) is 9.42. The Morgan fingerprint density at radius 2 is 2.00 bits per heavy atom. The van der Waals surface area contributed by atoms with Crippen molar-refractivity contribution in [3.63, 3.8) is 0 Å². The Morgan fingerprint density at radius 1 is 1.19 bits per heavy atom. The van der Waals surface area contributed by atoms with E-state index in [2.05, 4.69) is 47.9 Å². The van der Waals surface area contributed by atoms with Gasteiger partial charge in [0.15, 0.2) is 0 Å². The van der Waals surface area contributed by atoms with Crippen LogP contribution in [0, 0.1) is 22.2 Å². The number of hydrogen-bond donors (Lipinski definition) is 2. The van der Waals surface area contributed by atoms with Crippen LogP contribution < -0.4 is 10.6 Å². The first kappa shape index (κ1) is 16.5. The molecule has 27 heavy (non-hydrogen) atoms. The van der Waals surface area contributed by atoms with Crippen LogP contribution in [0.5, 0.6) is 0 Å². The molecule has 6 rings (SSSR count). The molecule has 0 aromatic heterocycles. The Hall–Kier alpha value is -1.42. The third-order valence-electron chi connectivity index (χ3n) is 9.42. The monoisotopic (exact) mass is 368 g/mol. The first-order valence-corrected chi connectivity index (χ1v) is 10.7. The van der Waals surface area contributed by atoms with Gasteiger partial charge in [-0.1, -0.05) is 37.3 Å². The molecule has 3 unspecified atom stereocenters. The molecular weight excluding hydrogens is 339 g/mol. The highest BCUT2D eigenvalue weighted by Crippen LogP contribution is 2.95. The minimum atomic E-state index is -0.970. The second-order valence-electron chi connectivity index (χ2n) is 10.4. The van der Waals surface area contributed by atoms with Gasteiger partial charge >= 0.3 is 0 Å². The molecule has 2 bridgehead atoms. The third kappa shape index (κ3) is 1.63. The van der Waals surface area contributed by atoms with Gasteiger partial charge in [-0.3, -0.25) is 4.79 Å². The lowest BCUT2D eigenvalue weighted by molar-refractivity contribution is -0.302. The Kier molecular flexibility index (Phi) is 3.03. The molecule has 5 fully saturated rings. The minimum Gasteiger partial charge on any atom is -0.350 e. The van der Waals surface area contributed by atoms with Crippen molar-refractivity contribution in [1.29, 1.82) is 0 Å². The van der Waals surface area contributed by atoms with Gasteiger partial charge in [0.25, 0.3) is 0 Å². The van der Waals surface area contributed by atoms with Crippen LogP contribution in [0.2, 0.25) is 0 Å². The van der Waals surface area contributed by atoms with Crippen molar-refractivity contribution >= 4 is 5.91 Å². The summed E-state index contributed by atoms with van der Waals surface area (Å²) in [6.45, 7) is 3.58. The zero-order valence-corrected chi connectivity index (χ0v) is 16.1. The highest BCUT2D eigenvalue weighted by Gasteiger charge is 2.92. The van der Waals surface area contributed by atoms with Gasteiger partial charge in [-0.2, -0.15) is 0 Å². The number of carbonyl (C=O) groups excluding carboxylic acids is 1. The van der Waals surface area contributed by atoms with Crippen molar-refractivity contribution in [2.45, 2.75) is 63.1 Å². The van der Waals surface area contributed by atoms with E-state index in [0.717, 1.165) is 19.4 Å². The molecule has 3 nitrogen and oxygen atoms in total. The predicted octanol–water partition coefficient (Wildman–Crippen LogP) is 3.34. The Balaban J connectivity index is 1.36. The van der Waals surface area contributed by atoms with Crippen molar-refractivity contribution in [3.05, 3.63) is 35.9 Å². The molecule has 1 spiro atoms. The normalized spacial score (nSPS) is 51.9. The van der Waals surface area contributed by atoms with E-state index in [0.29, 0.717) is 18.9 Å². The van der Waals surface area contributed by atoms with E-state index in [9.17, 15) is 9.18 Å². The standard InChI is InChI=1S/C23H29FN2O/c1-20-9-15-10-21(19(27)26-18-7-8-25-12-17(18)24)14-22(13-20,23(20,21)11-15)16-5-3-2-4-6-16/h2-6,15,17-18,25H,7-14H2,1H3,(H,26,27)/t15?,17-,18+,20+,21?,22-,23?/m0/s1. The largest absolute Gasteiger partial charge is 0.350 e. The number of amides is 1. The van der Waals surface area contributed by atoms with Gasteiger partial charge in [-0.05, 0) is 62.0 Å². The minimum absolute atomic E-state index is 0.0990. The van der Waals surface area contributed by atoms with E-state index < -0.39 is 6.17 Å². The maximum absolute atomic E-state index is 14.3. The molecule has 1 aromatic rings. The summed E-state index contributed by atoms with van der Waals surface area (Å²) in [4.78, 5) is 13.6. The predicted molar refractivity (Wildman–Crippen MR) is 102 cm³/mol. The van der Waals surface area contributed by atoms with Crippen LogP contribution >= 0.6 is 0 Å². The molecule has 1 saturated heterocycles. The Morgan fingerprint density at radius 3 is 2.74 bits per heavy atom. The number of fused-ring (bicyclic) bond motifs is 1. The van der Waals surface area contributed by atoms with E-state index in [1.54, 1.807) is 0 Å². The van der Waals surface area contributed by atoms with Crippen molar-refractivity contribution in [1.82, 2.24) is 10.6 Å². The van der Waals surface area contributed by atoms with Crippen LogP contribution in [-0.2, 0) is 10.2 Å². The van der Waals surface area contributed by atoms with E-state index >= 15 is 0 Å². The second-order valence-corrected chi connectivity index (χ2v) is 10.4. The second kappa shape index (κ2) is 4.94. The lowest BCUT2D eigenvalue weighted by Gasteiger charge is -2.83. The molecule has 7 atom stereocenters. The van der Waals surface area contributed by atoms with Gasteiger partial charge in [0.2, 0.25) is 5.91 Å². The maximum Gasteiger partial charge on any atom is 0.227 e. The highest BCUT2D eigenvalue weighted by molar-refractivity contribution is 5.88. The molecule has 144 valence electrons. The highest BCUT2D eigenvalue weighted by atomic mass is 19.1. The van der Waals surface area contributed by atoms with E-state index in [-0.39, 0.29) is 33.6 Å². The molecule has 1 amide bonds. The lowest BCUT2D eigenvalue weighted by atomic mass is 9.19. The number of piperidine rings is 1. The summed E-state index contributed by atoms with van der Waals surface area (Å²) in [5, 5.41) is 6.27. The Bertz CT molecular complexity index is 814. The van der Waals surface area contributed by atoms with Crippen molar-refractivity contribution in [2.24, 2.45) is 22.2 Å². The quantitative estimate of drug-likeness (QED) is 0.859. The number of benzene rings is 1. The van der Waals surface area contributed by atoms with Gasteiger partial charge in [0, 0.05) is 17.4 Å². The van der Waals surface area contributed by atoms with Crippen molar-refractivity contribution < 1.29 is 9.18 Å². The van der Waals surface area contributed by atoms with Crippen LogP contribution in [0.3, 0.4) is 0 Å². The van der Waals surface area contributed by atoms with Crippen LogP contribution in [0.25, 0.3) is 0 Å². The summed E-state index contributed by atoms with van der Waals surface area (Å²) in [6, 6.07) is 10.6. The van der Waals surface area contributed by atoms with E-state index in [1.165, 1.54) is 24.8 Å². The number of carbonyl (C=O) groups is 1. The molecule has 1 heterocycles. The first-order chi connectivity index (χ1) is 13.0. The molecule has 5 aliphatic rings. The maximum atomic E-state index is 14.3. The number of rotatable bonds is 3. The van der Waals surface area contributed by atoms with Gasteiger partial charge in [0.1, 0.15) is 6.17 Å². The lowest BCUT2D eigenvalue weighted by Crippen LogP contribution is -2.83. The van der Waals surface area contributed by atoms with Gasteiger partial charge < -0.3 is 10.6 Å². The van der Waals surface area contributed by atoms with Crippen molar-refractivity contribution in [2.75, 3.05) is 13.1 Å². The smallest absolute Gasteiger partial charge is 0.227 e. The summed E-state index contributed by atoms with van der Waals surface area (Å²) in [5.41, 5.74) is 1.73. The topological polar surface area (TPSA) is 41.1 Å². The first-order valence-electron chi connectivity index (χ1n) is 10.7. The number of alkyl halides is 1. The fraction of sp³-hybridized carbons (Fsp3) is 0.696. The van der Waals surface area contributed by atoms with Crippen LogP contribution in [0.4, 0.5) is 4.39 Å². The fourth-order valence-corrected chi connectivity index (χ4v) is 9.02. The van der Waals surface area contributed by atoms with E-state index in [4.69, 9.17) is 0 Å². The molecule has 2 N–H and O–H groups in total. The Labute approximate surface area is 160 Å². The van der Waals surface area contributed by atoms with E-state index in [1.807, 2.05) is 0 Å². The SMILES string of the molecule is C[C@@]12CC3CC4(C(=O)N[C@@H]5CCNC[C@@H]5F)C[C@](c5ccccc5)(C1)C42C3. The molecule has 0 radical (unpaired) electrons.